The van der Waals surface area contributed by atoms with Crippen LogP contribution in [0.1, 0.15) is 56.8 Å². The molecule has 1 aliphatic rings. The van der Waals surface area contributed by atoms with Crippen molar-refractivity contribution < 1.29 is 19.8 Å². The maximum Gasteiger partial charge on any atom is 0.198 e. The van der Waals surface area contributed by atoms with Gasteiger partial charge in [-0.2, -0.15) is 0 Å². The van der Waals surface area contributed by atoms with Crippen LogP contribution in [0.5, 0.6) is 11.5 Å². The third-order valence-electron chi connectivity index (χ3n) is 4.24. The van der Waals surface area contributed by atoms with Crippen molar-refractivity contribution in [3.05, 3.63) is 57.6 Å². The molecule has 3 rings (SSSR count). The zero-order valence-electron chi connectivity index (χ0n) is 12.4. The summed E-state index contributed by atoms with van der Waals surface area (Å²) in [6, 6.07) is 6.48. The van der Waals surface area contributed by atoms with Crippen molar-refractivity contribution in [3.8, 4) is 11.5 Å². The molecular formula is C18H16O4. The van der Waals surface area contributed by atoms with E-state index in [1.165, 1.54) is 0 Å². The van der Waals surface area contributed by atoms with Crippen LogP contribution in [0.25, 0.3) is 0 Å². The Balaban J connectivity index is 2.43. The van der Waals surface area contributed by atoms with Gasteiger partial charge in [-0.3, -0.25) is 9.59 Å². The smallest absolute Gasteiger partial charge is 0.198 e. The first-order valence-electron chi connectivity index (χ1n) is 7.30. The molecule has 4 heteroatoms. The number of aromatic hydroxyl groups is 2. The van der Waals surface area contributed by atoms with E-state index in [9.17, 15) is 19.8 Å². The Hall–Kier alpha value is -2.62. The Morgan fingerprint density at radius 2 is 1.14 bits per heavy atom. The van der Waals surface area contributed by atoms with Crippen LogP contribution >= 0.6 is 0 Å². The Bertz CT molecular complexity index is 750. The van der Waals surface area contributed by atoms with Crippen LogP contribution in [0, 0.1) is 0 Å². The molecule has 0 heterocycles. The summed E-state index contributed by atoms with van der Waals surface area (Å²) in [6.45, 7) is 3.67. The van der Waals surface area contributed by atoms with E-state index in [1.54, 1.807) is 24.3 Å². The van der Waals surface area contributed by atoms with Crippen molar-refractivity contribution in [3.63, 3.8) is 0 Å². The van der Waals surface area contributed by atoms with Crippen molar-refractivity contribution >= 4 is 11.6 Å². The van der Waals surface area contributed by atoms with E-state index in [-0.39, 0.29) is 33.8 Å². The number of carbonyl (C=O) groups excluding carboxylic acids is 2. The van der Waals surface area contributed by atoms with Crippen molar-refractivity contribution in [1.29, 1.82) is 0 Å². The standard InChI is InChI=1S/C18H16O4/c1-3-9-10(4-2)16(20)14-13(15(9)19)17(21)11-7-5-6-8-12(11)18(14)22/h5-8,19-20H,3-4H2,1-2H3. The number of carbonyl (C=O) groups is 2. The van der Waals surface area contributed by atoms with Crippen molar-refractivity contribution in [2.45, 2.75) is 26.7 Å². The first kappa shape index (κ1) is 14.3. The summed E-state index contributed by atoms with van der Waals surface area (Å²) in [5.74, 6) is -1.20. The van der Waals surface area contributed by atoms with Gasteiger partial charge in [0, 0.05) is 22.3 Å². The quantitative estimate of drug-likeness (QED) is 0.713. The van der Waals surface area contributed by atoms with E-state index in [0.717, 1.165) is 0 Å². The molecule has 112 valence electrons. The Morgan fingerprint density at radius 1 is 0.773 bits per heavy atom. The van der Waals surface area contributed by atoms with Crippen LogP contribution in [-0.4, -0.2) is 21.8 Å². The minimum absolute atomic E-state index is 0.0738. The fourth-order valence-corrected chi connectivity index (χ4v) is 3.18. The van der Waals surface area contributed by atoms with Gasteiger partial charge in [0.15, 0.2) is 11.6 Å². The molecule has 0 bridgehead atoms. The van der Waals surface area contributed by atoms with E-state index in [0.29, 0.717) is 24.0 Å². The van der Waals surface area contributed by atoms with Gasteiger partial charge in [0.1, 0.15) is 11.5 Å². The highest BCUT2D eigenvalue weighted by Crippen LogP contribution is 2.43. The molecule has 2 aromatic rings. The number of phenolic OH excluding ortho intramolecular Hbond substituents is 2. The summed E-state index contributed by atoms with van der Waals surface area (Å²) < 4.78 is 0. The molecule has 2 N–H and O–H groups in total. The second kappa shape index (κ2) is 4.98. The fraction of sp³-hybridized carbons (Fsp3) is 0.222. The largest absolute Gasteiger partial charge is 0.507 e. The van der Waals surface area contributed by atoms with Gasteiger partial charge < -0.3 is 10.2 Å². The maximum atomic E-state index is 12.7. The van der Waals surface area contributed by atoms with Gasteiger partial charge in [-0.05, 0) is 12.8 Å². The Labute approximate surface area is 128 Å². The van der Waals surface area contributed by atoms with E-state index >= 15 is 0 Å². The van der Waals surface area contributed by atoms with Crippen LogP contribution in [0.3, 0.4) is 0 Å². The molecule has 0 saturated heterocycles. The topological polar surface area (TPSA) is 74.6 Å². The minimum atomic E-state index is -0.421. The highest BCUT2D eigenvalue weighted by atomic mass is 16.3. The van der Waals surface area contributed by atoms with Crippen LogP contribution in [0.15, 0.2) is 24.3 Å². The molecule has 4 nitrogen and oxygen atoms in total. The van der Waals surface area contributed by atoms with Gasteiger partial charge >= 0.3 is 0 Å². The van der Waals surface area contributed by atoms with Gasteiger partial charge in [-0.15, -0.1) is 0 Å². The average molecular weight is 296 g/mol. The molecule has 0 atom stereocenters. The van der Waals surface area contributed by atoms with Gasteiger partial charge in [0.05, 0.1) is 11.1 Å². The molecule has 2 aromatic carbocycles. The lowest BCUT2D eigenvalue weighted by molar-refractivity contribution is 0.0974. The SMILES string of the molecule is CCc1c(O)c2c(c(O)c1CC)C(=O)c1ccccc1C2=O. The Morgan fingerprint density at radius 3 is 1.45 bits per heavy atom. The number of rotatable bonds is 2. The molecule has 0 aliphatic heterocycles. The second-order valence-electron chi connectivity index (χ2n) is 5.32. The van der Waals surface area contributed by atoms with Gasteiger partial charge in [-0.1, -0.05) is 38.1 Å². The summed E-state index contributed by atoms with van der Waals surface area (Å²) in [5, 5.41) is 21.0. The summed E-state index contributed by atoms with van der Waals surface area (Å²) in [7, 11) is 0. The first-order chi connectivity index (χ1) is 10.5. The molecule has 0 saturated carbocycles. The lowest BCUT2D eigenvalue weighted by Gasteiger charge is -2.23. The number of hydrogen-bond acceptors (Lipinski definition) is 4. The summed E-state index contributed by atoms with van der Waals surface area (Å²) in [6.07, 6.45) is 0.942. The number of hydrogen-bond donors (Lipinski definition) is 2. The minimum Gasteiger partial charge on any atom is -0.507 e. The third kappa shape index (κ3) is 1.70. The van der Waals surface area contributed by atoms with E-state index in [1.807, 2.05) is 13.8 Å². The van der Waals surface area contributed by atoms with Gasteiger partial charge in [0.2, 0.25) is 0 Å². The van der Waals surface area contributed by atoms with E-state index in [2.05, 4.69) is 0 Å². The normalized spacial score (nSPS) is 13.0. The molecule has 0 unspecified atom stereocenters. The second-order valence-corrected chi connectivity index (χ2v) is 5.32. The van der Waals surface area contributed by atoms with Crippen molar-refractivity contribution in [2.24, 2.45) is 0 Å². The predicted molar refractivity (Wildman–Crippen MR) is 81.8 cm³/mol. The number of fused-ring (bicyclic) bond motifs is 2. The monoisotopic (exact) mass is 296 g/mol. The van der Waals surface area contributed by atoms with E-state index < -0.39 is 11.6 Å². The molecule has 1 aliphatic carbocycles. The zero-order chi connectivity index (χ0) is 16.0. The van der Waals surface area contributed by atoms with Crippen LogP contribution in [-0.2, 0) is 12.8 Å². The number of benzene rings is 2. The number of phenols is 2. The molecule has 0 spiro atoms. The first-order valence-corrected chi connectivity index (χ1v) is 7.30. The molecule has 0 fully saturated rings. The lowest BCUT2D eigenvalue weighted by atomic mass is 9.80. The third-order valence-corrected chi connectivity index (χ3v) is 4.24. The zero-order valence-corrected chi connectivity index (χ0v) is 12.4. The maximum absolute atomic E-state index is 12.7. The average Bonchev–Trinajstić information content (AvgIpc) is 2.53. The fourth-order valence-electron chi connectivity index (χ4n) is 3.18. The van der Waals surface area contributed by atoms with Crippen LogP contribution in [0.4, 0.5) is 0 Å². The van der Waals surface area contributed by atoms with Crippen LogP contribution in [0.2, 0.25) is 0 Å². The molecule has 0 aromatic heterocycles. The van der Waals surface area contributed by atoms with Crippen molar-refractivity contribution in [1.82, 2.24) is 0 Å². The molecule has 0 amide bonds. The summed E-state index contributed by atoms with van der Waals surface area (Å²) in [4.78, 5) is 25.3. The summed E-state index contributed by atoms with van der Waals surface area (Å²) in [5.41, 5.74) is 1.44. The van der Waals surface area contributed by atoms with Gasteiger partial charge in [0.25, 0.3) is 0 Å². The molecular weight excluding hydrogens is 280 g/mol. The predicted octanol–water partition coefficient (Wildman–Crippen LogP) is 3.00. The van der Waals surface area contributed by atoms with E-state index in [4.69, 9.17) is 0 Å². The highest BCUT2D eigenvalue weighted by Gasteiger charge is 2.36. The lowest BCUT2D eigenvalue weighted by Crippen LogP contribution is -2.22. The molecule has 0 radical (unpaired) electrons. The Kier molecular flexibility index (Phi) is 3.24. The highest BCUT2D eigenvalue weighted by molar-refractivity contribution is 6.30. The van der Waals surface area contributed by atoms with Gasteiger partial charge in [-0.25, -0.2) is 0 Å². The summed E-state index contributed by atoms with van der Waals surface area (Å²) >= 11 is 0. The number of ketones is 2. The molecule has 22 heavy (non-hydrogen) atoms. The van der Waals surface area contributed by atoms with Crippen LogP contribution < -0.4 is 0 Å². The van der Waals surface area contributed by atoms with Crippen molar-refractivity contribution in [2.75, 3.05) is 0 Å².